The third-order valence-electron chi connectivity index (χ3n) is 5.05. The molecule has 5 nitrogen and oxygen atoms in total. The topological polar surface area (TPSA) is 48.9 Å². The zero-order valence-corrected chi connectivity index (χ0v) is 17.4. The van der Waals surface area contributed by atoms with E-state index in [-0.39, 0.29) is 5.82 Å². The van der Waals surface area contributed by atoms with Crippen LogP contribution in [-0.2, 0) is 24.4 Å². The van der Waals surface area contributed by atoms with Crippen molar-refractivity contribution in [3.8, 4) is 0 Å². The van der Waals surface area contributed by atoms with Crippen molar-refractivity contribution in [3.05, 3.63) is 70.5 Å². The molecule has 3 rings (SSSR count). The van der Waals surface area contributed by atoms with E-state index in [9.17, 15) is 4.39 Å². The van der Waals surface area contributed by atoms with E-state index in [1.807, 2.05) is 13.0 Å². The van der Waals surface area contributed by atoms with Gasteiger partial charge >= 0.3 is 0 Å². The minimum Gasteiger partial charge on any atom is -0.379 e. The molecule has 1 fully saturated rings. The van der Waals surface area contributed by atoms with Crippen molar-refractivity contribution in [2.75, 3.05) is 32.8 Å². The van der Waals surface area contributed by atoms with E-state index in [1.54, 1.807) is 13.0 Å². The Balaban J connectivity index is 1.63. The van der Waals surface area contributed by atoms with Crippen LogP contribution < -0.4 is 10.6 Å². The minimum atomic E-state index is -0.181. The average Bonchev–Trinajstić information content (AvgIpc) is 2.74. The van der Waals surface area contributed by atoms with Gasteiger partial charge in [0.1, 0.15) is 5.82 Å². The number of rotatable bonds is 7. The second kappa shape index (κ2) is 10.9. The lowest BCUT2D eigenvalue weighted by atomic mass is 10.1. The van der Waals surface area contributed by atoms with E-state index in [0.29, 0.717) is 18.7 Å². The first kappa shape index (κ1) is 21.3. The van der Waals surface area contributed by atoms with Crippen LogP contribution in [0.4, 0.5) is 4.39 Å². The van der Waals surface area contributed by atoms with Crippen LogP contribution in [0.15, 0.2) is 47.5 Å². The number of nitrogens with one attached hydrogen (secondary N) is 2. The molecule has 0 saturated carbocycles. The Morgan fingerprint density at radius 2 is 1.86 bits per heavy atom. The lowest BCUT2D eigenvalue weighted by Crippen LogP contribution is -2.38. The lowest BCUT2D eigenvalue weighted by molar-refractivity contribution is 0.0341. The second-order valence-electron chi connectivity index (χ2n) is 7.29. The molecule has 2 aromatic rings. The van der Waals surface area contributed by atoms with Gasteiger partial charge < -0.3 is 15.4 Å². The molecule has 0 radical (unpaired) electrons. The Hall–Kier alpha value is -2.44. The largest absolute Gasteiger partial charge is 0.379 e. The highest BCUT2D eigenvalue weighted by atomic mass is 19.1. The molecule has 0 unspecified atom stereocenters. The number of hydrogen-bond acceptors (Lipinski definition) is 3. The van der Waals surface area contributed by atoms with Gasteiger partial charge in [-0.2, -0.15) is 0 Å². The van der Waals surface area contributed by atoms with Crippen LogP contribution in [-0.4, -0.2) is 43.7 Å². The van der Waals surface area contributed by atoms with Crippen LogP contribution in [0.1, 0.15) is 29.2 Å². The fraction of sp³-hybridized carbons (Fsp3) is 0.435. The molecule has 1 aliphatic rings. The van der Waals surface area contributed by atoms with Gasteiger partial charge in [0, 0.05) is 32.7 Å². The Kier molecular flexibility index (Phi) is 8.02. The van der Waals surface area contributed by atoms with E-state index >= 15 is 0 Å². The van der Waals surface area contributed by atoms with Crippen LogP contribution in [0.25, 0.3) is 0 Å². The number of benzene rings is 2. The Bertz CT molecular complexity index is 818. The third-order valence-corrected chi connectivity index (χ3v) is 5.05. The van der Waals surface area contributed by atoms with Crippen molar-refractivity contribution in [1.82, 2.24) is 15.5 Å². The first-order chi connectivity index (χ1) is 14.2. The summed E-state index contributed by atoms with van der Waals surface area (Å²) in [5, 5.41) is 6.72. The lowest BCUT2D eigenvalue weighted by Gasteiger charge is -2.27. The van der Waals surface area contributed by atoms with Crippen molar-refractivity contribution in [2.45, 2.75) is 33.5 Å². The highest BCUT2D eigenvalue weighted by Gasteiger charge is 2.12. The number of aliphatic imine (C=N–C) groups is 1. The molecule has 156 valence electrons. The smallest absolute Gasteiger partial charge is 0.191 e. The fourth-order valence-electron chi connectivity index (χ4n) is 3.38. The zero-order valence-electron chi connectivity index (χ0n) is 17.4. The highest BCUT2D eigenvalue weighted by Crippen LogP contribution is 2.13. The molecule has 2 aromatic carbocycles. The molecule has 0 amide bonds. The molecule has 2 N–H and O–H groups in total. The van der Waals surface area contributed by atoms with E-state index in [1.165, 1.54) is 17.2 Å². The summed E-state index contributed by atoms with van der Waals surface area (Å²) in [6, 6.07) is 13.7. The van der Waals surface area contributed by atoms with Crippen LogP contribution in [0.2, 0.25) is 0 Å². The summed E-state index contributed by atoms with van der Waals surface area (Å²) in [6.07, 6.45) is 0. The van der Waals surface area contributed by atoms with Gasteiger partial charge in [-0.1, -0.05) is 36.4 Å². The first-order valence-corrected chi connectivity index (χ1v) is 10.3. The van der Waals surface area contributed by atoms with Crippen molar-refractivity contribution in [1.29, 1.82) is 0 Å². The molecule has 0 aliphatic carbocycles. The summed E-state index contributed by atoms with van der Waals surface area (Å²) in [5.41, 5.74) is 4.23. The number of guanidine groups is 1. The van der Waals surface area contributed by atoms with E-state index in [2.05, 4.69) is 44.8 Å². The zero-order chi connectivity index (χ0) is 20.5. The minimum absolute atomic E-state index is 0.181. The summed E-state index contributed by atoms with van der Waals surface area (Å²) in [5.74, 6) is 0.579. The maximum atomic E-state index is 13.5. The van der Waals surface area contributed by atoms with Gasteiger partial charge in [-0.25, -0.2) is 9.38 Å². The Labute approximate surface area is 173 Å². The number of morpholine rings is 1. The second-order valence-corrected chi connectivity index (χ2v) is 7.29. The number of aryl methyl sites for hydroxylation is 1. The quantitative estimate of drug-likeness (QED) is 0.555. The van der Waals surface area contributed by atoms with Gasteiger partial charge in [0.15, 0.2) is 5.96 Å². The average molecular weight is 399 g/mol. The molecule has 0 bridgehead atoms. The summed E-state index contributed by atoms with van der Waals surface area (Å²) in [4.78, 5) is 7.09. The van der Waals surface area contributed by atoms with Gasteiger partial charge in [-0.05, 0) is 42.2 Å². The summed E-state index contributed by atoms with van der Waals surface area (Å²) >= 11 is 0. The summed E-state index contributed by atoms with van der Waals surface area (Å²) in [6.45, 7) is 10.3. The molecular weight excluding hydrogens is 367 g/mol. The fourth-order valence-corrected chi connectivity index (χ4v) is 3.38. The van der Waals surface area contributed by atoms with E-state index in [0.717, 1.165) is 50.9 Å². The van der Waals surface area contributed by atoms with Crippen LogP contribution >= 0.6 is 0 Å². The van der Waals surface area contributed by atoms with Gasteiger partial charge in [-0.3, -0.25) is 4.90 Å². The molecule has 0 aromatic heterocycles. The maximum Gasteiger partial charge on any atom is 0.191 e. The van der Waals surface area contributed by atoms with Crippen LogP contribution in [0.5, 0.6) is 0 Å². The predicted octanol–water partition coefficient (Wildman–Crippen LogP) is 3.22. The Morgan fingerprint density at radius 3 is 2.59 bits per heavy atom. The van der Waals surface area contributed by atoms with Crippen LogP contribution in [0, 0.1) is 12.7 Å². The number of ether oxygens (including phenoxy) is 1. The normalized spacial score (nSPS) is 15.3. The van der Waals surface area contributed by atoms with Gasteiger partial charge in [0.05, 0.1) is 19.8 Å². The van der Waals surface area contributed by atoms with Gasteiger partial charge in [-0.15, -0.1) is 0 Å². The third kappa shape index (κ3) is 6.54. The molecule has 6 heteroatoms. The molecule has 29 heavy (non-hydrogen) atoms. The number of hydrogen-bond donors (Lipinski definition) is 2. The molecule has 0 spiro atoms. The maximum absolute atomic E-state index is 13.5. The molecular formula is C23H31FN4O. The monoisotopic (exact) mass is 398 g/mol. The SMILES string of the molecule is CCNC(=NCc1ccc(F)c(C)c1)NCc1ccccc1CN1CCOCC1. The number of nitrogens with zero attached hydrogens (tertiary/aromatic N) is 2. The van der Waals surface area contributed by atoms with Crippen molar-refractivity contribution in [2.24, 2.45) is 4.99 Å². The predicted molar refractivity (Wildman–Crippen MR) is 115 cm³/mol. The van der Waals surface area contributed by atoms with Crippen molar-refractivity contribution >= 4 is 5.96 Å². The Morgan fingerprint density at radius 1 is 1.10 bits per heavy atom. The van der Waals surface area contributed by atoms with E-state index < -0.39 is 0 Å². The number of halogens is 1. The van der Waals surface area contributed by atoms with E-state index in [4.69, 9.17) is 4.74 Å². The van der Waals surface area contributed by atoms with Gasteiger partial charge in [0.25, 0.3) is 0 Å². The standard InChI is InChI=1S/C23H31FN4O/c1-3-25-23(26-15-19-8-9-22(24)18(2)14-19)27-16-20-6-4-5-7-21(20)17-28-10-12-29-13-11-28/h4-9,14H,3,10-13,15-17H2,1-2H3,(H2,25,26,27). The first-order valence-electron chi connectivity index (χ1n) is 10.3. The molecule has 0 atom stereocenters. The van der Waals surface area contributed by atoms with Crippen LogP contribution in [0.3, 0.4) is 0 Å². The molecule has 1 heterocycles. The van der Waals surface area contributed by atoms with Gasteiger partial charge in [0.2, 0.25) is 0 Å². The molecule has 1 saturated heterocycles. The summed E-state index contributed by atoms with van der Waals surface area (Å²) in [7, 11) is 0. The highest BCUT2D eigenvalue weighted by molar-refractivity contribution is 5.79. The molecule has 1 aliphatic heterocycles. The summed E-state index contributed by atoms with van der Waals surface area (Å²) < 4.78 is 18.9. The van der Waals surface area contributed by atoms with Crippen molar-refractivity contribution < 1.29 is 9.13 Å². The van der Waals surface area contributed by atoms with Crippen molar-refractivity contribution in [3.63, 3.8) is 0 Å².